The Labute approximate surface area is 88.6 Å². The molecule has 1 atom stereocenters. The van der Waals surface area contributed by atoms with E-state index in [0.29, 0.717) is 5.56 Å². The maximum absolute atomic E-state index is 13.0. The Morgan fingerprint density at radius 2 is 1.87 bits per heavy atom. The lowest BCUT2D eigenvalue weighted by atomic mass is 9.93. The summed E-state index contributed by atoms with van der Waals surface area (Å²) in [5.74, 6) is -0.206. The Morgan fingerprint density at radius 3 is 2.33 bits per heavy atom. The maximum Gasteiger partial charge on any atom is 0.126 e. The molecule has 0 aromatic heterocycles. The number of hydrogen-bond acceptors (Lipinski definition) is 0. The monoisotopic (exact) mass is 208 g/mol. The Hall–Kier alpha value is -1.18. The number of hydrogen-bond donors (Lipinski definition) is 0. The van der Waals surface area contributed by atoms with Crippen LogP contribution in [0.2, 0.25) is 0 Å². The van der Waals surface area contributed by atoms with E-state index in [1.54, 1.807) is 6.08 Å². The highest BCUT2D eigenvalue weighted by Crippen LogP contribution is 2.39. The Morgan fingerprint density at radius 1 is 1.27 bits per heavy atom. The molecule has 1 unspecified atom stereocenters. The van der Waals surface area contributed by atoms with Crippen molar-refractivity contribution in [3.8, 4) is 0 Å². The zero-order valence-electron chi connectivity index (χ0n) is 8.55. The number of rotatable bonds is 4. The summed E-state index contributed by atoms with van der Waals surface area (Å²) in [4.78, 5) is 0. The molecule has 0 heterocycles. The highest BCUT2D eigenvalue weighted by atomic mass is 19.1. The third-order valence-corrected chi connectivity index (χ3v) is 2.88. The van der Waals surface area contributed by atoms with Gasteiger partial charge in [-0.3, -0.25) is 0 Å². The normalized spacial score (nSPS) is 17.5. The summed E-state index contributed by atoms with van der Waals surface area (Å²) in [6.07, 6.45) is 5.23. The van der Waals surface area contributed by atoms with E-state index in [-0.39, 0.29) is 5.92 Å². The molecule has 0 amide bonds. The summed E-state index contributed by atoms with van der Waals surface area (Å²) in [5, 5.41) is 0. The maximum atomic E-state index is 13.0. The lowest BCUT2D eigenvalue weighted by Crippen LogP contribution is -1.98. The standard InChI is InChI=1S/C13H14F2/c1-2-10(5-9-3-4-9)11-6-12(14)8-13(15)7-11/h2,6-10H,1,3-5H2. The summed E-state index contributed by atoms with van der Waals surface area (Å²) in [6.45, 7) is 3.73. The first kappa shape index (κ1) is 10.3. The first-order valence-corrected chi connectivity index (χ1v) is 5.27. The molecular weight excluding hydrogens is 194 g/mol. The average Bonchev–Trinajstić information content (AvgIpc) is 2.96. The highest BCUT2D eigenvalue weighted by Gasteiger charge is 2.25. The molecule has 2 heteroatoms. The van der Waals surface area contributed by atoms with E-state index in [9.17, 15) is 8.78 Å². The second-order valence-corrected chi connectivity index (χ2v) is 4.22. The second-order valence-electron chi connectivity index (χ2n) is 4.22. The summed E-state index contributed by atoms with van der Waals surface area (Å²) in [5.41, 5.74) is 0.703. The van der Waals surface area contributed by atoms with Gasteiger partial charge in [0.25, 0.3) is 0 Å². The van der Waals surface area contributed by atoms with Crippen LogP contribution in [0.3, 0.4) is 0 Å². The van der Waals surface area contributed by atoms with Crippen LogP contribution < -0.4 is 0 Å². The molecule has 0 saturated heterocycles. The van der Waals surface area contributed by atoms with E-state index in [1.807, 2.05) is 0 Å². The van der Waals surface area contributed by atoms with Gasteiger partial charge in [0.1, 0.15) is 11.6 Å². The highest BCUT2D eigenvalue weighted by molar-refractivity contribution is 5.25. The predicted molar refractivity (Wildman–Crippen MR) is 56.6 cm³/mol. The number of benzene rings is 1. The first-order chi connectivity index (χ1) is 7.19. The van der Waals surface area contributed by atoms with Gasteiger partial charge >= 0.3 is 0 Å². The lowest BCUT2D eigenvalue weighted by molar-refractivity contribution is 0.572. The second kappa shape index (κ2) is 4.13. The predicted octanol–water partition coefficient (Wildman–Crippen LogP) is 4.03. The van der Waals surface area contributed by atoms with Crippen molar-refractivity contribution < 1.29 is 8.78 Å². The summed E-state index contributed by atoms with van der Waals surface area (Å²) in [7, 11) is 0. The molecule has 1 saturated carbocycles. The third kappa shape index (κ3) is 2.65. The fourth-order valence-corrected chi connectivity index (χ4v) is 1.87. The summed E-state index contributed by atoms with van der Waals surface area (Å²) < 4.78 is 26.0. The van der Waals surface area contributed by atoms with E-state index < -0.39 is 11.6 Å². The van der Waals surface area contributed by atoms with Crippen molar-refractivity contribution in [1.82, 2.24) is 0 Å². The van der Waals surface area contributed by atoms with Gasteiger partial charge < -0.3 is 0 Å². The van der Waals surface area contributed by atoms with Crippen LogP contribution in [0, 0.1) is 17.6 Å². The van der Waals surface area contributed by atoms with E-state index in [2.05, 4.69) is 6.58 Å². The van der Waals surface area contributed by atoms with Crippen molar-refractivity contribution in [3.63, 3.8) is 0 Å². The van der Waals surface area contributed by atoms with Gasteiger partial charge in [-0.2, -0.15) is 0 Å². The average molecular weight is 208 g/mol. The molecule has 1 aliphatic carbocycles. The zero-order chi connectivity index (χ0) is 10.8. The van der Waals surface area contributed by atoms with Crippen molar-refractivity contribution >= 4 is 0 Å². The molecule has 1 aromatic carbocycles. The summed E-state index contributed by atoms with van der Waals surface area (Å²) >= 11 is 0. The van der Waals surface area contributed by atoms with Crippen LogP contribution in [0.5, 0.6) is 0 Å². The number of halogens is 2. The summed E-state index contributed by atoms with van der Waals surface area (Å²) in [6, 6.07) is 3.70. The Kier molecular flexibility index (Phi) is 2.85. The van der Waals surface area contributed by atoms with E-state index in [1.165, 1.54) is 25.0 Å². The van der Waals surface area contributed by atoms with Gasteiger partial charge in [0.2, 0.25) is 0 Å². The van der Waals surface area contributed by atoms with Gasteiger partial charge in [-0.25, -0.2) is 8.78 Å². The quantitative estimate of drug-likeness (QED) is 0.655. The van der Waals surface area contributed by atoms with Crippen molar-refractivity contribution in [2.45, 2.75) is 25.2 Å². The molecule has 1 aliphatic rings. The van der Waals surface area contributed by atoms with Crippen LogP contribution in [-0.4, -0.2) is 0 Å². The zero-order valence-corrected chi connectivity index (χ0v) is 8.55. The first-order valence-electron chi connectivity index (χ1n) is 5.27. The minimum Gasteiger partial charge on any atom is -0.207 e. The van der Waals surface area contributed by atoms with Crippen molar-refractivity contribution in [2.75, 3.05) is 0 Å². The van der Waals surface area contributed by atoms with Gasteiger partial charge in [0.15, 0.2) is 0 Å². The molecular formula is C13H14F2. The topological polar surface area (TPSA) is 0 Å². The molecule has 0 spiro atoms. The van der Waals surface area contributed by atoms with Crippen LogP contribution in [0.15, 0.2) is 30.9 Å². The van der Waals surface area contributed by atoms with Crippen LogP contribution in [0.4, 0.5) is 8.78 Å². The van der Waals surface area contributed by atoms with Gasteiger partial charge in [0.05, 0.1) is 0 Å². The number of allylic oxidation sites excluding steroid dienone is 1. The molecule has 80 valence electrons. The Balaban J connectivity index is 2.20. The molecule has 2 rings (SSSR count). The van der Waals surface area contributed by atoms with Gasteiger partial charge in [-0.05, 0) is 30.0 Å². The lowest BCUT2D eigenvalue weighted by Gasteiger charge is -2.12. The van der Waals surface area contributed by atoms with Crippen molar-refractivity contribution in [2.24, 2.45) is 5.92 Å². The van der Waals surface area contributed by atoms with Gasteiger partial charge in [-0.1, -0.05) is 18.9 Å². The fraction of sp³-hybridized carbons (Fsp3) is 0.385. The minimum absolute atomic E-state index is 0.0858. The fourth-order valence-electron chi connectivity index (χ4n) is 1.87. The van der Waals surface area contributed by atoms with E-state index in [0.717, 1.165) is 18.4 Å². The van der Waals surface area contributed by atoms with Crippen LogP contribution in [0.25, 0.3) is 0 Å². The molecule has 0 radical (unpaired) electrons. The third-order valence-electron chi connectivity index (χ3n) is 2.88. The van der Waals surface area contributed by atoms with E-state index in [4.69, 9.17) is 0 Å². The van der Waals surface area contributed by atoms with Crippen LogP contribution >= 0.6 is 0 Å². The largest absolute Gasteiger partial charge is 0.207 e. The van der Waals surface area contributed by atoms with Crippen LogP contribution in [0.1, 0.15) is 30.7 Å². The van der Waals surface area contributed by atoms with Gasteiger partial charge in [-0.15, -0.1) is 6.58 Å². The molecule has 0 aliphatic heterocycles. The molecule has 0 bridgehead atoms. The minimum atomic E-state index is -0.507. The van der Waals surface area contributed by atoms with Crippen LogP contribution in [-0.2, 0) is 0 Å². The molecule has 0 nitrogen and oxygen atoms in total. The molecule has 1 aromatic rings. The van der Waals surface area contributed by atoms with E-state index >= 15 is 0 Å². The van der Waals surface area contributed by atoms with Crippen molar-refractivity contribution in [3.05, 3.63) is 48.1 Å². The SMILES string of the molecule is C=CC(CC1CC1)c1cc(F)cc(F)c1. The Bertz CT molecular complexity index is 347. The molecule has 0 N–H and O–H groups in total. The smallest absolute Gasteiger partial charge is 0.126 e. The van der Waals surface area contributed by atoms with Gasteiger partial charge in [0, 0.05) is 12.0 Å². The molecule has 1 fully saturated rings. The molecule has 15 heavy (non-hydrogen) atoms. The van der Waals surface area contributed by atoms with Crippen molar-refractivity contribution in [1.29, 1.82) is 0 Å².